The number of nitrogens with one attached hydrogen (secondary N) is 2. The van der Waals surface area contributed by atoms with Crippen LogP contribution in [0.2, 0.25) is 5.02 Å². The zero-order chi connectivity index (χ0) is 17.6. The summed E-state index contributed by atoms with van der Waals surface area (Å²) in [5.41, 5.74) is 1.91. The highest BCUT2D eigenvalue weighted by Gasteiger charge is 2.17. The molecule has 126 valence electrons. The van der Waals surface area contributed by atoms with Gasteiger partial charge in [0.1, 0.15) is 5.82 Å². The summed E-state index contributed by atoms with van der Waals surface area (Å²) in [5, 5.41) is 6.04. The second-order valence-corrected chi connectivity index (χ2v) is 5.91. The van der Waals surface area contributed by atoms with Crippen molar-refractivity contribution >= 4 is 23.3 Å². The van der Waals surface area contributed by atoms with Gasteiger partial charge < -0.3 is 10.6 Å². The molecule has 3 aromatic rings. The van der Waals surface area contributed by atoms with Gasteiger partial charge in [0.25, 0.3) is 0 Å². The van der Waals surface area contributed by atoms with Crippen molar-refractivity contribution < 1.29 is 9.18 Å². The Morgan fingerprint density at radius 1 is 0.840 bits per heavy atom. The van der Waals surface area contributed by atoms with Crippen molar-refractivity contribution in [1.82, 2.24) is 5.32 Å². The fourth-order valence-corrected chi connectivity index (χ4v) is 2.64. The summed E-state index contributed by atoms with van der Waals surface area (Å²) < 4.78 is 13.7. The smallest absolute Gasteiger partial charge is 0.320 e. The molecule has 5 heteroatoms. The summed E-state index contributed by atoms with van der Waals surface area (Å²) in [7, 11) is 0. The highest BCUT2D eigenvalue weighted by molar-refractivity contribution is 6.30. The van der Waals surface area contributed by atoms with Crippen LogP contribution in [0.25, 0.3) is 0 Å². The zero-order valence-corrected chi connectivity index (χ0v) is 14.0. The Labute approximate surface area is 150 Å². The molecule has 1 unspecified atom stereocenters. The van der Waals surface area contributed by atoms with Crippen molar-refractivity contribution in [2.75, 3.05) is 5.32 Å². The molecular formula is C20H16ClFN2O. The van der Waals surface area contributed by atoms with Crippen molar-refractivity contribution in [3.05, 3.63) is 101 Å². The Balaban J connectivity index is 1.84. The standard InChI is InChI=1S/C20H16ClFN2O/c21-16-12-10-15(11-13-16)19(14-6-2-1-3-7-14)24-20(25)23-18-9-5-4-8-17(18)22/h1-13,19H,(H2,23,24,25). The highest BCUT2D eigenvalue weighted by atomic mass is 35.5. The minimum absolute atomic E-state index is 0.128. The molecule has 0 aliphatic rings. The SMILES string of the molecule is O=C(Nc1ccccc1F)NC(c1ccccc1)c1ccc(Cl)cc1. The molecule has 1 atom stereocenters. The lowest BCUT2D eigenvalue weighted by Crippen LogP contribution is -2.33. The normalized spacial score (nSPS) is 11.6. The van der Waals surface area contributed by atoms with Gasteiger partial charge in [-0.25, -0.2) is 9.18 Å². The van der Waals surface area contributed by atoms with E-state index >= 15 is 0 Å². The number of para-hydroxylation sites is 1. The topological polar surface area (TPSA) is 41.1 Å². The van der Waals surface area contributed by atoms with E-state index in [0.717, 1.165) is 11.1 Å². The number of hydrogen-bond acceptors (Lipinski definition) is 1. The van der Waals surface area contributed by atoms with E-state index in [-0.39, 0.29) is 11.7 Å². The molecule has 3 rings (SSSR count). The summed E-state index contributed by atoms with van der Waals surface area (Å²) in [6.07, 6.45) is 0. The molecule has 0 aliphatic heterocycles. The Kier molecular flexibility index (Phi) is 5.31. The molecule has 0 aromatic heterocycles. The molecule has 3 aromatic carbocycles. The molecular weight excluding hydrogens is 339 g/mol. The van der Waals surface area contributed by atoms with Crippen LogP contribution in [-0.4, -0.2) is 6.03 Å². The molecule has 0 bridgehead atoms. The largest absolute Gasteiger partial charge is 0.327 e. The van der Waals surface area contributed by atoms with Crippen molar-refractivity contribution in [2.24, 2.45) is 0 Å². The van der Waals surface area contributed by atoms with Crippen LogP contribution in [0.3, 0.4) is 0 Å². The van der Waals surface area contributed by atoms with Gasteiger partial charge in [-0.15, -0.1) is 0 Å². The van der Waals surface area contributed by atoms with Crippen molar-refractivity contribution in [2.45, 2.75) is 6.04 Å². The average molecular weight is 355 g/mol. The molecule has 25 heavy (non-hydrogen) atoms. The first-order valence-corrected chi connectivity index (χ1v) is 8.14. The number of halogens is 2. The molecule has 2 N–H and O–H groups in total. The van der Waals surface area contributed by atoms with Gasteiger partial charge >= 0.3 is 6.03 Å². The average Bonchev–Trinajstić information content (AvgIpc) is 2.63. The van der Waals surface area contributed by atoms with Crippen LogP contribution < -0.4 is 10.6 Å². The monoisotopic (exact) mass is 354 g/mol. The van der Waals surface area contributed by atoms with Crippen LogP contribution in [-0.2, 0) is 0 Å². The van der Waals surface area contributed by atoms with E-state index in [0.29, 0.717) is 5.02 Å². The lowest BCUT2D eigenvalue weighted by atomic mass is 9.99. The summed E-state index contributed by atoms with van der Waals surface area (Å²) in [6.45, 7) is 0. The van der Waals surface area contributed by atoms with Crippen LogP contribution in [0.4, 0.5) is 14.9 Å². The summed E-state index contributed by atoms with van der Waals surface area (Å²) in [6, 6.07) is 21.9. The van der Waals surface area contributed by atoms with Crippen molar-refractivity contribution in [3.8, 4) is 0 Å². The molecule has 0 aliphatic carbocycles. The first-order valence-electron chi connectivity index (χ1n) is 7.76. The first kappa shape index (κ1) is 17.0. The lowest BCUT2D eigenvalue weighted by Gasteiger charge is -2.20. The van der Waals surface area contributed by atoms with E-state index in [4.69, 9.17) is 11.6 Å². The third-order valence-electron chi connectivity index (χ3n) is 3.73. The Hall–Kier alpha value is -2.85. The fourth-order valence-electron chi connectivity index (χ4n) is 2.51. The van der Waals surface area contributed by atoms with E-state index in [9.17, 15) is 9.18 Å². The van der Waals surface area contributed by atoms with Crippen LogP contribution in [0.1, 0.15) is 17.2 Å². The summed E-state index contributed by atoms with van der Waals surface area (Å²) in [5.74, 6) is -0.486. The molecule has 0 spiro atoms. The molecule has 2 amide bonds. The second kappa shape index (κ2) is 7.81. The van der Waals surface area contributed by atoms with Gasteiger partial charge in [0.15, 0.2) is 0 Å². The number of anilines is 1. The first-order chi connectivity index (χ1) is 12.1. The fraction of sp³-hybridized carbons (Fsp3) is 0.0500. The van der Waals surface area contributed by atoms with Crippen LogP contribution in [0.15, 0.2) is 78.9 Å². The number of carbonyl (C=O) groups excluding carboxylic acids is 1. The number of hydrogen-bond donors (Lipinski definition) is 2. The molecule has 0 radical (unpaired) electrons. The number of amides is 2. The van der Waals surface area contributed by atoms with Gasteiger partial charge in [-0.2, -0.15) is 0 Å². The van der Waals surface area contributed by atoms with Crippen LogP contribution >= 0.6 is 11.6 Å². The Morgan fingerprint density at radius 2 is 1.44 bits per heavy atom. The predicted molar refractivity (Wildman–Crippen MR) is 98.3 cm³/mol. The number of rotatable bonds is 4. The molecule has 0 fully saturated rings. The second-order valence-electron chi connectivity index (χ2n) is 5.47. The van der Waals surface area contributed by atoms with Gasteiger partial charge in [-0.1, -0.05) is 66.2 Å². The maximum Gasteiger partial charge on any atom is 0.320 e. The molecule has 0 heterocycles. The Morgan fingerprint density at radius 3 is 2.12 bits per heavy atom. The van der Waals surface area contributed by atoms with E-state index in [1.807, 2.05) is 42.5 Å². The van der Waals surface area contributed by atoms with Crippen LogP contribution in [0.5, 0.6) is 0 Å². The van der Waals surface area contributed by atoms with Gasteiger partial charge in [-0.3, -0.25) is 0 Å². The van der Waals surface area contributed by atoms with E-state index in [2.05, 4.69) is 10.6 Å². The maximum absolute atomic E-state index is 13.7. The zero-order valence-electron chi connectivity index (χ0n) is 13.2. The summed E-state index contributed by atoms with van der Waals surface area (Å²) in [4.78, 5) is 12.4. The quantitative estimate of drug-likeness (QED) is 0.648. The summed E-state index contributed by atoms with van der Waals surface area (Å²) >= 11 is 5.95. The number of benzene rings is 3. The minimum Gasteiger partial charge on any atom is -0.327 e. The highest BCUT2D eigenvalue weighted by Crippen LogP contribution is 2.24. The molecule has 0 saturated heterocycles. The van der Waals surface area contributed by atoms with Gasteiger partial charge in [0, 0.05) is 5.02 Å². The third kappa shape index (κ3) is 4.37. The predicted octanol–water partition coefficient (Wildman–Crippen LogP) is 5.39. The van der Waals surface area contributed by atoms with Crippen LogP contribution in [0, 0.1) is 5.82 Å². The van der Waals surface area contributed by atoms with Gasteiger partial charge in [0.2, 0.25) is 0 Å². The minimum atomic E-state index is -0.492. The van der Waals surface area contributed by atoms with E-state index in [1.165, 1.54) is 12.1 Å². The van der Waals surface area contributed by atoms with Crippen molar-refractivity contribution in [3.63, 3.8) is 0 Å². The Bertz CT molecular complexity index is 853. The third-order valence-corrected chi connectivity index (χ3v) is 3.99. The van der Waals surface area contributed by atoms with E-state index < -0.39 is 11.8 Å². The molecule has 0 saturated carbocycles. The number of urea groups is 1. The van der Waals surface area contributed by atoms with Gasteiger partial charge in [-0.05, 0) is 35.4 Å². The number of carbonyl (C=O) groups is 1. The van der Waals surface area contributed by atoms with Gasteiger partial charge in [0.05, 0.1) is 11.7 Å². The molecule has 3 nitrogen and oxygen atoms in total. The lowest BCUT2D eigenvalue weighted by molar-refractivity contribution is 0.250. The van der Waals surface area contributed by atoms with Crippen molar-refractivity contribution in [1.29, 1.82) is 0 Å². The maximum atomic E-state index is 13.7. The van der Waals surface area contributed by atoms with E-state index in [1.54, 1.807) is 24.3 Å².